The van der Waals surface area contributed by atoms with E-state index in [1.165, 1.54) is 30.8 Å². The first-order valence-electron chi connectivity index (χ1n) is 2.58. The van der Waals surface area contributed by atoms with Crippen molar-refractivity contribution in [1.29, 1.82) is 0 Å². The molecule has 0 unspecified atom stereocenters. The van der Waals surface area contributed by atoms with Crippen molar-refractivity contribution in [2.45, 2.75) is 19.3 Å². The second-order valence-electron chi connectivity index (χ2n) is 1.67. The predicted molar refractivity (Wildman–Crippen MR) is 38.4 cm³/mol. The van der Waals surface area contributed by atoms with Gasteiger partial charge in [-0.1, -0.05) is 6.42 Å². The largest absolute Gasteiger partial charge is 0.162 e. The van der Waals surface area contributed by atoms with Crippen LogP contribution in [-0.4, -0.2) is 11.5 Å². The lowest BCUT2D eigenvalue weighted by atomic mass is 10.3. The lowest BCUT2D eigenvalue weighted by molar-refractivity contribution is 0.764. The van der Waals surface area contributed by atoms with Crippen LogP contribution in [0.15, 0.2) is 0 Å². The zero-order valence-electron chi connectivity index (χ0n) is 4.35. The molecule has 0 aromatic carbocycles. The van der Waals surface area contributed by atoms with Crippen LogP contribution in [0.3, 0.4) is 0 Å². The molecule has 0 N–H and O–H groups in total. The highest BCUT2D eigenvalue weighted by Gasteiger charge is 1.95. The molecule has 1 heterocycles. The van der Waals surface area contributed by atoms with Crippen LogP contribution < -0.4 is 0 Å². The van der Waals surface area contributed by atoms with Gasteiger partial charge in [0.05, 0.1) is 0 Å². The number of rotatable bonds is 0. The summed E-state index contributed by atoms with van der Waals surface area (Å²) in [6.07, 6.45) is 4.41. The van der Waals surface area contributed by atoms with E-state index in [9.17, 15) is 0 Å². The second kappa shape index (κ2) is 4.79. The lowest BCUT2D eigenvalue weighted by Crippen LogP contribution is -1.91. The molecule has 1 rings (SSSR count). The smallest absolute Gasteiger partial charge is 0.00675 e. The Hall–Kier alpha value is 0.640. The molecule has 1 saturated heterocycles. The molecule has 0 bridgehead atoms. The van der Waals surface area contributed by atoms with Crippen molar-refractivity contribution in [2.75, 3.05) is 11.5 Å². The van der Waals surface area contributed by atoms with Gasteiger partial charge in [0.1, 0.15) is 0 Å². The molecule has 7 heavy (non-hydrogen) atoms. The maximum Gasteiger partial charge on any atom is -0.00675 e. The zero-order chi connectivity index (χ0) is 4.24. The SMILES string of the molecule is C1CCSCC1.Cl. The first-order valence-corrected chi connectivity index (χ1v) is 3.73. The van der Waals surface area contributed by atoms with Crippen molar-refractivity contribution >= 4 is 24.2 Å². The van der Waals surface area contributed by atoms with E-state index in [0.29, 0.717) is 0 Å². The molecule has 0 aromatic heterocycles. The van der Waals surface area contributed by atoms with Crippen LogP contribution in [0.5, 0.6) is 0 Å². The zero-order valence-corrected chi connectivity index (χ0v) is 5.99. The average molecular weight is 139 g/mol. The summed E-state index contributed by atoms with van der Waals surface area (Å²) in [5.41, 5.74) is 0. The van der Waals surface area contributed by atoms with Crippen molar-refractivity contribution in [3.8, 4) is 0 Å². The third-order valence-corrected chi connectivity index (χ3v) is 2.23. The molecule has 44 valence electrons. The first kappa shape index (κ1) is 7.64. The van der Waals surface area contributed by atoms with Crippen molar-refractivity contribution in [3.05, 3.63) is 0 Å². The molecular weight excluding hydrogens is 128 g/mol. The minimum absolute atomic E-state index is 0. The Labute approximate surface area is 55.5 Å². The number of halogens is 1. The van der Waals surface area contributed by atoms with Gasteiger partial charge < -0.3 is 0 Å². The molecule has 1 fully saturated rings. The summed E-state index contributed by atoms with van der Waals surface area (Å²) in [5, 5.41) is 0. The first-order chi connectivity index (χ1) is 3.00. The molecule has 0 aromatic rings. The van der Waals surface area contributed by atoms with E-state index in [0.717, 1.165) is 0 Å². The maximum atomic E-state index is 2.09. The molecule has 0 atom stereocenters. The molecule has 1 aliphatic heterocycles. The van der Waals surface area contributed by atoms with Crippen molar-refractivity contribution in [3.63, 3.8) is 0 Å². The fourth-order valence-corrected chi connectivity index (χ4v) is 1.71. The Bertz CT molecular complexity index is 23.6. The maximum absolute atomic E-state index is 2.09. The molecule has 0 saturated carbocycles. The van der Waals surface area contributed by atoms with E-state index in [1.54, 1.807) is 0 Å². The molecule has 2 heteroatoms. The topological polar surface area (TPSA) is 0 Å². The lowest BCUT2D eigenvalue weighted by Gasteiger charge is -2.05. The third-order valence-electron chi connectivity index (χ3n) is 1.08. The molecule has 0 radical (unpaired) electrons. The Balaban J connectivity index is 0.000000360. The Kier molecular flexibility index (Phi) is 5.23. The van der Waals surface area contributed by atoms with E-state index in [1.807, 2.05) is 0 Å². The van der Waals surface area contributed by atoms with Gasteiger partial charge in [-0.25, -0.2) is 0 Å². The van der Waals surface area contributed by atoms with Gasteiger partial charge in [-0.15, -0.1) is 12.4 Å². The van der Waals surface area contributed by atoms with Gasteiger partial charge in [0, 0.05) is 0 Å². The molecule has 0 amide bonds. The van der Waals surface area contributed by atoms with E-state index < -0.39 is 0 Å². The van der Waals surface area contributed by atoms with Gasteiger partial charge >= 0.3 is 0 Å². The molecule has 0 spiro atoms. The van der Waals surface area contributed by atoms with Crippen molar-refractivity contribution in [2.24, 2.45) is 0 Å². The second-order valence-corrected chi connectivity index (χ2v) is 2.90. The Morgan fingerprint density at radius 1 is 0.857 bits per heavy atom. The van der Waals surface area contributed by atoms with Gasteiger partial charge in [-0.2, -0.15) is 11.8 Å². The Morgan fingerprint density at radius 3 is 1.57 bits per heavy atom. The van der Waals surface area contributed by atoms with Crippen LogP contribution in [0.1, 0.15) is 19.3 Å². The summed E-state index contributed by atoms with van der Waals surface area (Å²) in [7, 11) is 0. The summed E-state index contributed by atoms with van der Waals surface area (Å²) in [6.45, 7) is 0. The summed E-state index contributed by atoms with van der Waals surface area (Å²) in [5.74, 6) is 2.83. The fourth-order valence-electron chi connectivity index (χ4n) is 0.687. The monoisotopic (exact) mass is 138 g/mol. The van der Waals surface area contributed by atoms with E-state index in [2.05, 4.69) is 11.8 Å². The van der Waals surface area contributed by atoms with Gasteiger partial charge in [0.25, 0.3) is 0 Å². The highest BCUT2D eigenvalue weighted by molar-refractivity contribution is 7.99. The van der Waals surface area contributed by atoms with Crippen LogP contribution in [0, 0.1) is 0 Å². The predicted octanol–water partition coefficient (Wildman–Crippen LogP) is 2.33. The van der Waals surface area contributed by atoms with Crippen LogP contribution in [0.2, 0.25) is 0 Å². The minimum Gasteiger partial charge on any atom is -0.162 e. The van der Waals surface area contributed by atoms with Gasteiger partial charge in [-0.05, 0) is 24.3 Å². The van der Waals surface area contributed by atoms with Crippen LogP contribution in [-0.2, 0) is 0 Å². The molecule has 0 nitrogen and oxygen atoms in total. The van der Waals surface area contributed by atoms with Crippen LogP contribution in [0.25, 0.3) is 0 Å². The molecule has 0 aliphatic carbocycles. The highest BCUT2D eigenvalue weighted by Crippen LogP contribution is 2.14. The summed E-state index contributed by atoms with van der Waals surface area (Å²) in [6, 6.07) is 0. The highest BCUT2D eigenvalue weighted by atomic mass is 35.5. The van der Waals surface area contributed by atoms with Gasteiger partial charge in [0.2, 0.25) is 0 Å². The van der Waals surface area contributed by atoms with Gasteiger partial charge in [0.15, 0.2) is 0 Å². The summed E-state index contributed by atoms with van der Waals surface area (Å²) < 4.78 is 0. The summed E-state index contributed by atoms with van der Waals surface area (Å²) in [4.78, 5) is 0. The quantitative estimate of drug-likeness (QED) is 0.495. The summed E-state index contributed by atoms with van der Waals surface area (Å²) >= 11 is 2.09. The number of thioether (sulfide) groups is 1. The standard InChI is InChI=1S/C5H10S.ClH/c1-2-4-6-5-3-1;/h1-5H2;1H. The molecular formula is C5H11ClS. The van der Waals surface area contributed by atoms with E-state index in [-0.39, 0.29) is 12.4 Å². The van der Waals surface area contributed by atoms with Crippen molar-refractivity contribution in [1.82, 2.24) is 0 Å². The number of hydrogen-bond donors (Lipinski definition) is 0. The molecule has 1 aliphatic rings. The third kappa shape index (κ3) is 3.24. The minimum atomic E-state index is 0. The fraction of sp³-hybridized carbons (Fsp3) is 1.00. The van der Waals surface area contributed by atoms with E-state index >= 15 is 0 Å². The van der Waals surface area contributed by atoms with Crippen LogP contribution in [0.4, 0.5) is 0 Å². The average Bonchev–Trinajstić information content (AvgIpc) is 1.72. The normalized spacial score (nSPS) is 20.6. The Morgan fingerprint density at radius 2 is 1.43 bits per heavy atom. The van der Waals surface area contributed by atoms with Gasteiger partial charge in [-0.3, -0.25) is 0 Å². The number of hydrogen-bond acceptors (Lipinski definition) is 1. The van der Waals surface area contributed by atoms with E-state index in [4.69, 9.17) is 0 Å². The van der Waals surface area contributed by atoms with Crippen LogP contribution >= 0.6 is 24.2 Å². The van der Waals surface area contributed by atoms with Crippen molar-refractivity contribution < 1.29 is 0 Å².